The van der Waals surface area contributed by atoms with Crippen molar-refractivity contribution in [3.63, 3.8) is 0 Å². The van der Waals surface area contributed by atoms with Gasteiger partial charge in [0, 0.05) is 68.8 Å². The minimum absolute atomic E-state index is 0.00333. The van der Waals surface area contributed by atoms with Crippen LogP contribution in [0, 0.1) is 30.0 Å². The fourth-order valence-corrected chi connectivity index (χ4v) is 8.32. The van der Waals surface area contributed by atoms with Crippen LogP contribution in [0.3, 0.4) is 0 Å². The van der Waals surface area contributed by atoms with Crippen molar-refractivity contribution >= 4 is 34.0 Å². The number of aryl methyl sites for hydroxylation is 1. The quantitative estimate of drug-likeness (QED) is 0.236. The van der Waals surface area contributed by atoms with Crippen LogP contribution in [0.4, 0.5) is 21.6 Å². The molecule has 3 aliphatic rings. The fourth-order valence-electron chi connectivity index (χ4n) is 8.32. The van der Waals surface area contributed by atoms with E-state index in [2.05, 4.69) is 60.8 Å². The smallest absolute Gasteiger partial charge is 0.256 e. The van der Waals surface area contributed by atoms with Gasteiger partial charge in [-0.15, -0.1) is 0 Å². The molecule has 1 N–H and O–H groups in total. The number of amides is 1. The number of nitrogens with zero attached hydrogens (tertiary/aromatic N) is 8. The summed E-state index contributed by atoms with van der Waals surface area (Å²) in [5, 5.41) is 14.6. The molecular weight excluding hydrogens is 629 g/mol. The second-order valence-electron chi connectivity index (χ2n) is 14.3. The van der Waals surface area contributed by atoms with Crippen molar-refractivity contribution in [3.05, 3.63) is 77.1 Å². The minimum atomic E-state index is -0.427. The molecule has 0 unspecified atom stereocenters. The van der Waals surface area contributed by atoms with E-state index >= 15 is 0 Å². The van der Waals surface area contributed by atoms with Crippen LogP contribution in [0.15, 0.2) is 48.9 Å². The molecule has 10 nitrogen and oxygen atoms in total. The highest BCUT2D eigenvalue weighted by atomic mass is 19.1. The molecule has 1 amide bonds. The average Bonchev–Trinajstić information content (AvgIpc) is 3.78. The van der Waals surface area contributed by atoms with Gasteiger partial charge >= 0.3 is 0 Å². The van der Waals surface area contributed by atoms with E-state index in [0.29, 0.717) is 36.3 Å². The number of anilines is 3. The highest BCUT2D eigenvalue weighted by molar-refractivity contribution is 6.01. The second kappa shape index (κ2) is 14.4. The Morgan fingerprint density at radius 2 is 1.92 bits per heavy atom. The highest BCUT2D eigenvalue weighted by Gasteiger charge is 2.34. The lowest BCUT2D eigenvalue weighted by Gasteiger charge is -2.44. The van der Waals surface area contributed by atoms with Crippen molar-refractivity contribution in [2.24, 2.45) is 5.92 Å². The third-order valence-electron chi connectivity index (χ3n) is 11.1. The lowest BCUT2D eigenvalue weighted by Crippen LogP contribution is -2.50. The number of carbonyl (C=O) groups excluding carboxylic acids is 1. The standard InChI is InChI=1S/C39H48FN9O/c1-5-46(26(2)3)39(50)34-18-30(40)7-9-36(34)48-17-16-47(38-37(48)22-43-25-44-38)31-11-14-45(15-12-31)24-29-6-8-35-33(27(29)4)19-32(20-41)49(35)23-28-10-13-42-21-28/h6-9,18-19,22,25-26,28,31,42H,5,10-17,21,23-24H2,1-4H3/t28-/m0/s1. The van der Waals surface area contributed by atoms with E-state index in [1.165, 1.54) is 28.6 Å². The lowest BCUT2D eigenvalue weighted by atomic mass is 9.99. The van der Waals surface area contributed by atoms with Gasteiger partial charge in [-0.3, -0.25) is 9.69 Å². The van der Waals surface area contributed by atoms with Gasteiger partial charge in [0.25, 0.3) is 5.91 Å². The third kappa shape index (κ3) is 6.42. The molecule has 0 aliphatic carbocycles. The number of rotatable bonds is 9. The van der Waals surface area contributed by atoms with E-state index in [0.717, 1.165) is 87.8 Å². The first-order valence-electron chi connectivity index (χ1n) is 18.2. The zero-order valence-electron chi connectivity index (χ0n) is 29.7. The number of likely N-dealkylation sites (tertiary alicyclic amines) is 1. The predicted molar refractivity (Wildman–Crippen MR) is 195 cm³/mol. The van der Waals surface area contributed by atoms with Crippen molar-refractivity contribution in [1.29, 1.82) is 5.26 Å². The van der Waals surface area contributed by atoms with Gasteiger partial charge in [0.05, 0.1) is 17.4 Å². The molecule has 7 rings (SSSR count). The topological polar surface area (TPSA) is 96.6 Å². The van der Waals surface area contributed by atoms with Crippen LogP contribution >= 0.6 is 0 Å². The first-order chi connectivity index (χ1) is 24.3. The first kappa shape index (κ1) is 33.9. The highest BCUT2D eigenvalue weighted by Crippen LogP contribution is 2.40. The summed E-state index contributed by atoms with van der Waals surface area (Å²) in [5.74, 6) is 0.816. The van der Waals surface area contributed by atoms with Gasteiger partial charge in [-0.25, -0.2) is 14.4 Å². The summed E-state index contributed by atoms with van der Waals surface area (Å²) in [4.78, 5) is 31.6. The zero-order chi connectivity index (χ0) is 34.9. The zero-order valence-corrected chi connectivity index (χ0v) is 29.7. The van der Waals surface area contributed by atoms with E-state index in [1.54, 1.807) is 17.3 Å². The largest absolute Gasteiger partial charge is 0.350 e. The van der Waals surface area contributed by atoms with E-state index in [4.69, 9.17) is 4.98 Å². The fraction of sp³-hybridized carbons (Fsp3) is 0.487. The number of nitriles is 1. The number of hydrogen-bond acceptors (Lipinski definition) is 8. The molecule has 5 heterocycles. The van der Waals surface area contributed by atoms with Crippen LogP contribution in [0.2, 0.25) is 0 Å². The van der Waals surface area contributed by atoms with Crippen LogP contribution in [-0.2, 0) is 13.1 Å². The summed E-state index contributed by atoms with van der Waals surface area (Å²) in [7, 11) is 0. The van der Waals surface area contributed by atoms with E-state index < -0.39 is 5.82 Å². The van der Waals surface area contributed by atoms with E-state index in [9.17, 15) is 14.4 Å². The SMILES string of the molecule is CCN(C(=O)c1cc(F)ccc1N1CCN(C2CCN(Cc3ccc4c(cc(C#N)n4C[C@H]4CCNC4)c3C)CC2)c2ncncc21)C(C)C. The monoisotopic (exact) mass is 677 g/mol. The molecule has 0 radical (unpaired) electrons. The molecule has 3 aliphatic heterocycles. The maximum atomic E-state index is 14.6. The van der Waals surface area contributed by atoms with Gasteiger partial charge in [-0.1, -0.05) is 6.07 Å². The molecule has 2 saturated heterocycles. The van der Waals surface area contributed by atoms with Crippen LogP contribution in [-0.4, -0.2) is 88.1 Å². The first-order valence-corrected chi connectivity index (χ1v) is 18.2. The van der Waals surface area contributed by atoms with Crippen molar-refractivity contribution in [1.82, 2.24) is 29.7 Å². The van der Waals surface area contributed by atoms with E-state index in [-0.39, 0.29) is 11.9 Å². The maximum absolute atomic E-state index is 14.6. The molecule has 50 heavy (non-hydrogen) atoms. The number of carbonyl (C=O) groups is 1. The summed E-state index contributed by atoms with van der Waals surface area (Å²) >= 11 is 0. The molecule has 262 valence electrons. The van der Waals surface area contributed by atoms with Gasteiger partial charge < -0.3 is 24.6 Å². The molecule has 2 aromatic carbocycles. The van der Waals surface area contributed by atoms with E-state index in [1.807, 2.05) is 27.0 Å². The Kier molecular flexibility index (Phi) is 9.76. The minimum Gasteiger partial charge on any atom is -0.350 e. The van der Waals surface area contributed by atoms with Gasteiger partial charge in [0.2, 0.25) is 0 Å². The molecule has 0 spiro atoms. The number of fused-ring (bicyclic) bond motifs is 2. The number of piperidine rings is 1. The molecular formula is C39H48FN9O. The summed E-state index contributed by atoms with van der Waals surface area (Å²) < 4.78 is 16.8. The van der Waals surface area contributed by atoms with Gasteiger partial charge in [-0.05, 0) is 107 Å². The Balaban J connectivity index is 1.06. The van der Waals surface area contributed by atoms with Gasteiger partial charge in [-0.2, -0.15) is 5.26 Å². The number of hydrogen-bond donors (Lipinski definition) is 1. The molecule has 11 heteroatoms. The molecule has 1 atom stereocenters. The van der Waals surface area contributed by atoms with Gasteiger partial charge in [0.1, 0.15) is 29.6 Å². The summed E-state index contributed by atoms with van der Waals surface area (Å²) in [6, 6.07) is 13.8. The molecule has 0 bridgehead atoms. The number of nitrogens with one attached hydrogen (secondary N) is 1. The van der Waals surface area contributed by atoms with Crippen LogP contribution < -0.4 is 15.1 Å². The second-order valence-corrected chi connectivity index (χ2v) is 14.3. The summed E-state index contributed by atoms with van der Waals surface area (Å²) in [5.41, 5.74) is 6.37. The van der Waals surface area contributed by atoms with Crippen LogP contribution in [0.1, 0.15) is 67.2 Å². The average molecular weight is 678 g/mol. The lowest BCUT2D eigenvalue weighted by molar-refractivity contribution is 0.0717. The molecule has 0 saturated carbocycles. The Labute approximate surface area is 294 Å². The van der Waals surface area contributed by atoms with Crippen molar-refractivity contribution in [2.45, 2.75) is 72.1 Å². The summed E-state index contributed by atoms with van der Waals surface area (Å²) in [6.45, 7) is 15.8. The molecule has 4 aromatic rings. The van der Waals surface area contributed by atoms with Crippen molar-refractivity contribution in [3.8, 4) is 6.07 Å². The third-order valence-corrected chi connectivity index (χ3v) is 11.1. The number of halogens is 1. The molecule has 2 fully saturated rings. The Hall–Kier alpha value is -4.53. The van der Waals surface area contributed by atoms with Crippen LogP contribution in [0.5, 0.6) is 0 Å². The molecule has 2 aromatic heterocycles. The van der Waals surface area contributed by atoms with Gasteiger partial charge in [0.15, 0.2) is 5.82 Å². The Bertz CT molecular complexity index is 1900. The van der Waals surface area contributed by atoms with Crippen molar-refractivity contribution in [2.75, 3.05) is 55.6 Å². The maximum Gasteiger partial charge on any atom is 0.256 e. The Morgan fingerprint density at radius 1 is 1.10 bits per heavy atom. The number of aromatic nitrogens is 3. The van der Waals surface area contributed by atoms with Crippen molar-refractivity contribution < 1.29 is 9.18 Å². The Morgan fingerprint density at radius 3 is 2.64 bits per heavy atom. The number of benzene rings is 2. The summed E-state index contributed by atoms with van der Waals surface area (Å²) in [6.07, 6.45) is 6.58. The normalized spacial score (nSPS) is 18.5. The predicted octanol–water partition coefficient (Wildman–Crippen LogP) is 5.85. The van der Waals surface area contributed by atoms with Crippen LogP contribution in [0.25, 0.3) is 10.9 Å².